The highest BCUT2D eigenvalue weighted by Gasteiger charge is 2.42. The first-order valence-corrected chi connectivity index (χ1v) is 7.12. The Morgan fingerprint density at radius 1 is 1.21 bits per heavy atom. The van der Waals surface area contributed by atoms with E-state index in [1.54, 1.807) is 0 Å². The van der Waals surface area contributed by atoms with E-state index in [2.05, 4.69) is 31.2 Å². The van der Waals surface area contributed by atoms with Gasteiger partial charge in [-0.25, -0.2) is 0 Å². The number of hydrogen-bond donors (Lipinski definition) is 0. The summed E-state index contributed by atoms with van der Waals surface area (Å²) in [6, 6.07) is 10.4. The molecule has 19 heavy (non-hydrogen) atoms. The van der Waals surface area contributed by atoms with Crippen molar-refractivity contribution in [3.63, 3.8) is 0 Å². The van der Waals surface area contributed by atoms with Gasteiger partial charge in [0.15, 0.2) is 5.79 Å². The molecule has 1 spiro atoms. The van der Waals surface area contributed by atoms with E-state index in [-0.39, 0.29) is 5.79 Å². The largest absolute Gasteiger partial charge is 0.347 e. The Kier molecular flexibility index (Phi) is 3.67. The van der Waals surface area contributed by atoms with E-state index in [0.29, 0.717) is 5.92 Å². The quantitative estimate of drug-likeness (QED) is 0.816. The molecule has 2 fully saturated rings. The summed E-state index contributed by atoms with van der Waals surface area (Å²) >= 11 is 0. The second kappa shape index (κ2) is 5.43. The summed E-state index contributed by atoms with van der Waals surface area (Å²) in [5.74, 6) is 0.154. The summed E-state index contributed by atoms with van der Waals surface area (Å²) in [6.45, 7) is 4.50. The molecule has 0 bridgehead atoms. The summed E-state index contributed by atoms with van der Waals surface area (Å²) in [5.41, 5.74) is 2.59. The highest BCUT2D eigenvalue weighted by Crippen LogP contribution is 2.37. The van der Waals surface area contributed by atoms with Gasteiger partial charge in [-0.15, -0.1) is 0 Å². The topological polar surface area (TPSA) is 30.8 Å². The first kappa shape index (κ1) is 12.8. The van der Waals surface area contributed by atoms with Gasteiger partial charge in [0.25, 0.3) is 0 Å². The van der Waals surface area contributed by atoms with Gasteiger partial charge in [-0.2, -0.15) is 0 Å². The van der Waals surface area contributed by atoms with Gasteiger partial charge in [0.1, 0.15) is 0 Å². The number of aliphatic imine (C=N–C) groups is 1. The molecule has 1 aliphatic carbocycles. The predicted octanol–water partition coefficient (Wildman–Crippen LogP) is 3.19. The van der Waals surface area contributed by atoms with Gasteiger partial charge in [0.2, 0.25) is 0 Å². The minimum atomic E-state index is -0.300. The SMILES string of the molecule is CC1CC2(CCC1=NCc1ccccc1)OCCO2. The van der Waals surface area contributed by atoms with E-state index < -0.39 is 0 Å². The third-order valence-electron chi connectivity index (χ3n) is 4.07. The Morgan fingerprint density at radius 3 is 2.63 bits per heavy atom. The van der Waals surface area contributed by atoms with Crippen molar-refractivity contribution in [1.29, 1.82) is 0 Å². The first-order chi connectivity index (χ1) is 9.27. The maximum absolute atomic E-state index is 5.79. The summed E-state index contributed by atoms with van der Waals surface area (Å²) < 4.78 is 11.6. The minimum Gasteiger partial charge on any atom is -0.347 e. The lowest BCUT2D eigenvalue weighted by Gasteiger charge is -2.35. The number of hydrogen-bond acceptors (Lipinski definition) is 3. The maximum Gasteiger partial charge on any atom is 0.169 e. The molecule has 0 amide bonds. The standard InChI is InChI=1S/C16H21NO2/c1-13-11-16(18-9-10-19-16)8-7-15(13)17-12-14-5-3-2-4-6-14/h2-6,13H,7-12H2,1H3. The van der Waals surface area contributed by atoms with Gasteiger partial charge >= 0.3 is 0 Å². The summed E-state index contributed by atoms with van der Waals surface area (Å²) in [7, 11) is 0. The van der Waals surface area contributed by atoms with Gasteiger partial charge in [-0.1, -0.05) is 37.3 Å². The molecule has 1 aromatic carbocycles. The monoisotopic (exact) mass is 259 g/mol. The zero-order valence-corrected chi connectivity index (χ0v) is 11.5. The van der Waals surface area contributed by atoms with Crippen molar-refractivity contribution < 1.29 is 9.47 Å². The number of rotatable bonds is 2. The molecule has 1 aliphatic heterocycles. The molecule has 3 nitrogen and oxygen atoms in total. The van der Waals surface area contributed by atoms with E-state index in [1.807, 2.05) is 6.07 Å². The molecule has 1 saturated heterocycles. The van der Waals surface area contributed by atoms with Crippen LogP contribution in [0.25, 0.3) is 0 Å². The Bertz CT molecular complexity index is 449. The fourth-order valence-corrected chi connectivity index (χ4v) is 3.02. The summed E-state index contributed by atoms with van der Waals surface area (Å²) in [5, 5.41) is 0. The van der Waals surface area contributed by atoms with E-state index in [0.717, 1.165) is 39.0 Å². The fourth-order valence-electron chi connectivity index (χ4n) is 3.02. The van der Waals surface area contributed by atoms with Gasteiger partial charge in [-0.05, 0) is 17.9 Å². The van der Waals surface area contributed by atoms with Crippen LogP contribution in [0.1, 0.15) is 31.7 Å². The van der Waals surface area contributed by atoms with Crippen LogP contribution in [0.3, 0.4) is 0 Å². The molecule has 1 heterocycles. The number of nitrogens with zero attached hydrogens (tertiary/aromatic N) is 1. The van der Waals surface area contributed by atoms with Crippen molar-refractivity contribution in [3.05, 3.63) is 35.9 Å². The zero-order valence-electron chi connectivity index (χ0n) is 11.5. The summed E-state index contributed by atoms with van der Waals surface area (Å²) in [4.78, 5) is 4.79. The van der Waals surface area contributed by atoms with E-state index in [9.17, 15) is 0 Å². The zero-order chi connectivity index (χ0) is 13.1. The van der Waals surface area contributed by atoms with Crippen molar-refractivity contribution in [2.45, 2.75) is 38.5 Å². The highest BCUT2D eigenvalue weighted by molar-refractivity contribution is 5.87. The van der Waals surface area contributed by atoms with E-state index in [4.69, 9.17) is 14.5 Å². The molecule has 102 valence electrons. The molecule has 1 atom stereocenters. The van der Waals surface area contributed by atoms with Crippen LogP contribution in [0, 0.1) is 5.92 Å². The lowest BCUT2D eigenvalue weighted by atomic mass is 9.84. The van der Waals surface area contributed by atoms with Crippen molar-refractivity contribution >= 4 is 5.71 Å². The number of benzene rings is 1. The van der Waals surface area contributed by atoms with Crippen LogP contribution in [0.4, 0.5) is 0 Å². The van der Waals surface area contributed by atoms with E-state index in [1.165, 1.54) is 11.3 Å². The van der Waals surface area contributed by atoms with Crippen molar-refractivity contribution in [2.75, 3.05) is 13.2 Å². The van der Waals surface area contributed by atoms with Gasteiger partial charge in [0.05, 0.1) is 19.8 Å². The first-order valence-electron chi connectivity index (χ1n) is 7.12. The molecule has 3 heteroatoms. The Morgan fingerprint density at radius 2 is 1.95 bits per heavy atom. The van der Waals surface area contributed by atoms with Crippen molar-refractivity contribution in [3.8, 4) is 0 Å². The smallest absolute Gasteiger partial charge is 0.169 e. The third kappa shape index (κ3) is 2.88. The van der Waals surface area contributed by atoms with Crippen LogP contribution in [-0.4, -0.2) is 24.7 Å². The minimum absolute atomic E-state index is 0.300. The second-order valence-corrected chi connectivity index (χ2v) is 5.51. The van der Waals surface area contributed by atoms with Crippen LogP contribution >= 0.6 is 0 Å². The van der Waals surface area contributed by atoms with Gasteiger partial charge < -0.3 is 9.47 Å². The van der Waals surface area contributed by atoms with Crippen LogP contribution in [0.2, 0.25) is 0 Å². The van der Waals surface area contributed by atoms with Crippen LogP contribution in [0.15, 0.2) is 35.3 Å². The molecular weight excluding hydrogens is 238 g/mol. The molecule has 1 saturated carbocycles. The molecule has 0 aromatic heterocycles. The van der Waals surface area contributed by atoms with Gasteiger partial charge in [-0.3, -0.25) is 4.99 Å². The lowest BCUT2D eigenvalue weighted by molar-refractivity contribution is -0.173. The summed E-state index contributed by atoms with van der Waals surface area (Å²) in [6.07, 6.45) is 2.89. The van der Waals surface area contributed by atoms with Crippen LogP contribution < -0.4 is 0 Å². The van der Waals surface area contributed by atoms with E-state index >= 15 is 0 Å². The Labute approximate surface area is 114 Å². The molecule has 0 N–H and O–H groups in total. The number of ether oxygens (including phenoxy) is 2. The molecule has 3 rings (SSSR count). The van der Waals surface area contributed by atoms with Crippen LogP contribution in [0.5, 0.6) is 0 Å². The average molecular weight is 259 g/mol. The molecule has 1 aromatic rings. The average Bonchev–Trinajstić information content (AvgIpc) is 2.87. The molecule has 0 radical (unpaired) electrons. The fraction of sp³-hybridized carbons (Fsp3) is 0.562. The Balaban J connectivity index is 1.63. The van der Waals surface area contributed by atoms with Crippen molar-refractivity contribution in [2.24, 2.45) is 10.9 Å². The molecular formula is C16H21NO2. The Hall–Kier alpha value is -1.19. The van der Waals surface area contributed by atoms with Gasteiger partial charge in [0, 0.05) is 18.6 Å². The van der Waals surface area contributed by atoms with Crippen LogP contribution in [-0.2, 0) is 16.0 Å². The second-order valence-electron chi connectivity index (χ2n) is 5.51. The molecule has 1 unspecified atom stereocenters. The molecule has 2 aliphatic rings. The normalized spacial score (nSPS) is 28.1. The highest BCUT2D eigenvalue weighted by atomic mass is 16.7. The van der Waals surface area contributed by atoms with Crippen molar-refractivity contribution in [1.82, 2.24) is 0 Å². The lowest BCUT2D eigenvalue weighted by Crippen LogP contribution is -2.39. The predicted molar refractivity (Wildman–Crippen MR) is 75.2 cm³/mol. The third-order valence-corrected chi connectivity index (χ3v) is 4.07. The maximum atomic E-state index is 5.79.